The highest BCUT2D eigenvalue weighted by atomic mass is 16.2. The van der Waals surface area contributed by atoms with Crippen LogP contribution in [0.1, 0.15) is 42.4 Å². The molecule has 0 aliphatic carbocycles. The van der Waals surface area contributed by atoms with Crippen LogP contribution in [-0.2, 0) is 11.2 Å². The van der Waals surface area contributed by atoms with E-state index < -0.39 is 0 Å². The van der Waals surface area contributed by atoms with Crippen molar-refractivity contribution in [3.05, 3.63) is 11.4 Å². The molecule has 5 N–H and O–H groups in total. The van der Waals surface area contributed by atoms with E-state index in [0.717, 1.165) is 31.4 Å². The Labute approximate surface area is 117 Å². The predicted octanol–water partition coefficient (Wildman–Crippen LogP) is 0.282. The number of aryl methyl sites for hydroxylation is 1. The summed E-state index contributed by atoms with van der Waals surface area (Å²) in [4.78, 5) is 25.3. The second-order valence-electron chi connectivity index (χ2n) is 5.21. The fraction of sp³-hybridized carbons (Fsp3) is 0.615. The molecule has 1 unspecified atom stereocenters. The summed E-state index contributed by atoms with van der Waals surface area (Å²) in [5.74, 6) is -0.862. The Hall–Kier alpha value is -2.05. The van der Waals surface area contributed by atoms with Crippen molar-refractivity contribution in [2.75, 3.05) is 18.8 Å². The molecule has 2 amide bonds. The minimum atomic E-state index is -0.357. The molecule has 7 heteroatoms. The van der Waals surface area contributed by atoms with Gasteiger partial charge in [-0.1, -0.05) is 13.3 Å². The van der Waals surface area contributed by atoms with Gasteiger partial charge < -0.3 is 16.4 Å². The van der Waals surface area contributed by atoms with Crippen LogP contribution in [0.3, 0.4) is 0 Å². The average molecular weight is 279 g/mol. The Bertz CT molecular complexity index is 511. The number of aromatic amines is 1. The molecule has 1 aliphatic rings. The number of nitrogens with zero attached hydrogens (tertiary/aromatic N) is 2. The lowest BCUT2D eigenvalue weighted by Gasteiger charge is -2.30. The quantitative estimate of drug-likeness (QED) is 0.733. The minimum Gasteiger partial charge on any atom is -0.395 e. The van der Waals surface area contributed by atoms with E-state index >= 15 is 0 Å². The van der Waals surface area contributed by atoms with Gasteiger partial charge in [0.25, 0.3) is 5.91 Å². The van der Waals surface area contributed by atoms with Crippen LogP contribution in [0, 0.1) is 5.92 Å². The molecule has 2 heterocycles. The van der Waals surface area contributed by atoms with Crippen molar-refractivity contribution in [3.8, 4) is 0 Å². The van der Waals surface area contributed by atoms with E-state index in [1.165, 1.54) is 0 Å². The number of nitrogens with one attached hydrogen (secondary N) is 1. The van der Waals surface area contributed by atoms with Crippen molar-refractivity contribution < 1.29 is 9.59 Å². The molecule has 0 spiro atoms. The molecular weight excluding hydrogens is 258 g/mol. The molecule has 2 rings (SSSR count). The fourth-order valence-electron chi connectivity index (χ4n) is 2.53. The van der Waals surface area contributed by atoms with Crippen LogP contribution in [0.4, 0.5) is 5.69 Å². The zero-order valence-corrected chi connectivity index (χ0v) is 11.7. The first-order valence-corrected chi connectivity index (χ1v) is 6.95. The van der Waals surface area contributed by atoms with Crippen molar-refractivity contribution in [2.45, 2.75) is 32.6 Å². The zero-order valence-electron chi connectivity index (χ0n) is 11.7. The van der Waals surface area contributed by atoms with Crippen LogP contribution in [0.5, 0.6) is 0 Å². The highest BCUT2D eigenvalue weighted by Gasteiger charge is 2.30. The Morgan fingerprint density at radius 2 is 2.25 bits per heavy atom. The van der Waals surface area contributed by atoms with Crippen LogP contribution >= 0.6 is 0 Å². The third-order valence-corrected chi connectivity index (χ3v) is 3.70. The summed E-state index contributed by atoms with van der Waals surface area (Å²) in [6.07, 6.45) is 3.19. The number of piperidine rings is 1. The number of primary amides is 1. The first-order chi connectivity index (χ1) is 9.54. The number of carbonyl (C=O) groups excluding carboxylic acids is 2. The highest BCUT2D eigenvalue weighted by Crippen LogP contribution is 2.21. The van der Waals surface area contributed by atoms with Gasteiger partial charge in [-0.05, 0) is 19.3 Å². The Morgan fingerprint density at radius 1 is 1.50 bits per heavy atom. The van der Waals surface area contributed by atoms with E-state index in [1.807, 2.05) is 6.92 Å². The third kappa shape index (κ3) is 2.76. The van der Waals surface area contributed by atoms with Crippen LogP contribution in [0.15, 0.2) is 0 Å². The number of anilines is 1. The lowest BCUT2D eigenvalue weighted by Crippen LogP contribution is -2.44. The minimum absolute atomic E-state index is 0.230. The second kappa shape index (κ2) is 5.94. The van der Waals surface area contributed by atoms with Gasteiger partial charge in [-0.2, -0.15) is 5.10 Å². The molecule has 110 valence electrons. The molecule has 7 nitrogen and oxygen atoms in total. The van der Waals surface area contributed by atoms with Crippen LogP contribution in [-0.4, -0.2) is 40.0 Å². The SMILES string of the molecule is CCCc1[nH]nc(C(=O)N2CCCC(C(N)=O)C2)c1N. The van der Waals surface area contributed by atoms with Gasteiger partial charge in [-0.25, -0.2) is 0 Å². The first kappa shape index (κ1) is 14.4. The number of hydrogen-bond acceptors (Lipinski definition) is 4. The number of rotatable bonds is 4. The number of aromatic nitrogens is 2. The van der Waals surface area contributed by atoms with Crippen LogP contribution in [0.2, 0.25) is 0 Å². The molecule has 1 aromatic rings. The summed E-state index contributed by atoms with van der Waals surface area (Å²) in [5.41, 5.74) is 12.7. The Kier molecular flexibility index (Phi) is 4.26. The summed E-state index contributed by atoms with van der Waals surface area (Å²) in [6.45, 7) is 2.99. The summed E-state index contributed by atoms with van der Waals surface area (Å²) >= 11 is 0. The lowest BCUT2D eigenvalue weighted by atomic mass is 9.97. The van der Waals surface area contributed by atoms with Crippen molar-refractivity contribution in [2.24, 2.45) is 11.7 Å². The number of nitrogens with two attached hydrogens (primary N) is 2. The van der Waals surface area contributed by atoms with Crippen molar-refractivity contribution in [3.63, 3.8) is 0 Å². The molecule has 0 bridgehead atoms. The molecule has 1 saturated heterocycles. The van der Waals surface area contributed by atoms with Gasteiger partial charge in [-0.15, -0.1) is 0 Å². The smallest absolute Gasteiger partial charge is 0.276 e. The summed E-state index contributed by atoms with van der Waals surface area (Å²) in [7, 11) is 0. The first-order valence-electron chi connectivity index (χ1n) is 6.95. The summed E-state index contributed by atoms with van der Waals surface area (Å²) in [6, 6.07) is 0. The maximum Gasteiger partial charge on any atom is 0.276 e. The number of amides is 2. The van der Waals surface area contributed by atoms with E-state index in [9.17, 15) is 9.59 Å². The third-order valence-electron chi connectivity index (χ3n) is 3.70. The van der Waals surface area contributed by atoms with E-state index in [4.69, 9.17) is 11.5 Å². The highest BCUT2D eigenvalue weighted by molar-refractivity contribution is 5.98. The fourth-order valence-corrected chi connectivity index (χ4v) is 2.53. The lowest BCUT2D eigenvalue weighted by molar-refractivity contribution is -0.123. The van der Waals surface area contributed by atoms with Gasteiger partial charge in [0, 0.05) is 13.1 Å². The van der Waals surface area contributed by atoms with Crippen molar-refractivity contribution >= 4 is 17.5 Å². The van der Waals surface area contributed by atoms with Gasteiger partial charge in [0.2, 0.25) is 5.91 Å². The summed E-state index contributed by atoms with van der Waals surface area (Å²) < 4.78 is 0. The molecule has 0 saturated carbocycles. The van der Waals surface area contributed by atoms with Gasteiger partial charge in [-0.3, -0.25) is 14.7 Å². The second-order valence-corrected chi connectivity index (χ2v) is 5.21. The van der Waals surface area contributed by atoms with Crippen molar-refractivity contribution in [1.82, 2.24) is 15.1 Å². The van der Waals surface area contributed by atoms with E-state index in [-0.39, 0.29) is 23.4 Å². The van der Waals surface area contributed by atoms with E-state index in [0.29, 0.717) is 18.8 Å². The number of hydrogen-bond donors (Lipinski definition) is 3. The number of carbonyl (C=O) groups is 2. The van der Waals surface area contributed by atoms with Gasteiger partial charge in [0.1, 0.15) is 0 Å². The van der Waals surface area contributed by atoms with Crippen molar-refractivity contribution in [1.29, 1.82) is 0 Å². The Morgan fingerprint density at radius 3 is 2.90 bits per heavy atom. The average Bonchev–Trinajstić information content (AvgIpc) is 2.80. The molecule has 20 heavy (non-hydrogen) atoms. The number of H-pyrrole nitrogens is 1. The van der Waals surface area contributed by atoms with Gasteiger partial charge in [0.05, 0.1) is 17.3 Å². The predicted molar refractivity (Wildman–Crippen MR) is 74.8 cm³/mol. The zero-order chi connectivity index (χ0) is 14.7. The number of likely N-dealkylation sites (tertiary alicyclic amines) is 1. The Balaban J connectivity index is 2.12. The normalized spacial score (nSPS) is 19.1. The largest absolute Gasteiger partial charge is 0.395 e. The van der Waals surface area contributed by atoms with Gasteiger partial charge >= 0.3 is 0 Å². The van der Waals surface area contributed by atoms with Crippen LogP contribution in [0.25, 0.3) is 0 Å². The molecular formula is C13H21N5O2. The standard InChI is InChI=1S/C13H21N5O2/c1-2-4-9-10(14)11(17-16-9)13(20)18-6-3-5-8(7-18)12(15)19/h8H,2-7,14H2,1H3,(H2,15,19)(H,16,17). The van der Waals surface area contributed by atoms with E-state index in [1.54, 1.807) is 4.90 Å². The molecule has 0 radical (unpaired) electrons. The maximum atomic E-state index is 12.4. The topological polar surface area (TPSA) is 118 Å². The van der Waals surface area contributed by atoms with Crippen LogP contribution < -0.4 is 11.5 Å². The number of nitrogen functional groups attached to an aromatic ring is 1. The summed E-state index contributed by atoms with van der Waals surface area (Å²) in [5, 5.41) is 6.84. The molecule has 0 aromatic carbocycles. The monoisotopic (exact) mass is 279 g/mol. The van der Waals surface area contributed by atoms with E-state index in [2.05, 4.69) is 10.2 Å². The molecule has 1 fully saturated rings. The molecule has 1 aromatic heterocycles. The van der Waals surface area contributed by atoms with Gasteiger partial charge in [0.15, 0.2) is 5.69 Å². The maximum absolute atomic E-state index is 12.4. The molecule has 1 aliphatic heterocycles. The molecule has 1 atom stereocenters.